The van der Waals surface area contributed by atoms with Crippen LogP contribution < -0.4 is 5.32 Å². The lowest BCUT2D eigenvalue weighted by Gasteiger charge is -2.13. The number of nitrogens with one attached hydrogen (secondary N) is 1. The molecule has 3 amide bonds. The van der Waals surface area contributed by atoms with Crippen LogP contribution in [0.1, 0.15) is 116 Å². The van der Waals surface area contributed by atoms with Gasteiger partial charge in [0.1, 0.15) is 0 Å². The number of hydrogen-bond donors (Lipinski definition) is 2. The highest BCUT2D eigenvalue weighted by Gasteiger charge is 2.22. The molecule has 1 rings (SSSR count). The summed E-state index contributed by atoms with van der Waals surface area (Å²) in [5.74, 6) is -1.32. The molecule has 7 nitrogen and oxygen atoms in total. The van der Waals surface area contributed by atoms with Crippen LogP contribution in [0.25, 0.3) is 0 Å². The summed E-state index contributed by atoms with van der Waals surface area (Å²) in [6.07, 6.45) is 22.4. The lowest BCUT2D eigenvalue weighted by Crippen LogP contribution is -2.38. The standard InChI is InChI=1S/C26H44N2O5/c29-23(27-21-22-28-24(30)19-20-25(28)31)17-15-13-11-9-7-5-3-1-2-4-6-8-10-12-14-16-18-26(32)33/h19-20H,1-18,21-22H2,(H,27,29)(H,32,33). The van der Waals surface area contributed by atoms with Gasteiger partial charge in [-0.25, -0.2) is 0 Å². The van der Waals surface area contributed by atoms with Gasteiger partial charge in [-0.1, -0.05) is 89.9 Å². The molecule has 0 fully saturated rings. The monoisotopic (exact) mass is 464 g/mol. The van der Waals surface area contributed by atoms with Crippen molar-refractivity contribution in [1.82, 2.24) is 10.2 Å². The molecule has 0 saturated carbocycles. The molecule has 188 valence electrons. The second-order valence-corrected chi connectivity index (χ2v) is 9.06. The van der Waals surface area contributed by atoms with Crippen LogP contribution in [0.4, 0.5) is 0 Å². The van der Waals surface area contributed by atoms with Crippen LogP contribution in [0.3, 0.4) is 0 Å². The average Bonchev–Trinajstić information content (AvgIpc) is 3.10. The van der Waals surface area contributed by atoms with Crippen LogP contribution in [-0.4, -0.2) is 46.8 Å². The Morgan fingerprint density at radius 1 is 0.636 bits per heavy atom. The van der Waals surface area contributed by atoms with Crippen LogP contribution >= 0.6 is 0 Å². The number of rotatable bonds is 22. The summed E-state index contributed by atoms with van der Waals surface area (Å²) in [4.78, 5) is 46.2. The fraction of sp³-hybridized carbons (Fsp3) is 0.769. The minimum absolute atomic E-state index is 0.0137. The molecule has 33 heavy (non-hydrogen) atoms. The molecule has 0 aliphatic carbocycles. The van der Waals surface area contributed by atoms with Crippen molar-refractivity contribution in [3.8, 4) is 0 Å². The average molecular weight is 465 g/mol. The van der Waals surface area contributed by atoms with Crippen LogP contribution in [0.2, 0.25) is 0 Å². The van der Waals surface area contributed by atoms with Gasteiger partial charge in [-0.3, -0.25) is 24.1 Å². The Labute approximate surface area is 199 Å². The topological polar surface area (TPSA) is 104 Å². The van der Waals surface area contributed by atoms with Crippen LogP contribution in [0.5, 0.6) is 0 Å². The largest absolute Gasteiger partial charge is 0.481 e. The van der Waals surface area contributed by atoms with Crippen LogP contribution in [0, 0.1) is 0 Å². The van der Waals surface area contributed by atoms with Gasteiger partial charge in [-0.15, -0.1) is 0 Å². The van der Waals surface area contributed by atoms with E-state index in [1.807, 2.05) is 0 Å². The number of amides is 3. The first-order valence-electron chi connectivity index (χ1n) is 13.0. The molecule has 7 heteroatoms. The molecule has 2 N–H and O–H groups in total. The van der Waals surface area contributed by atoms with Crippen molar-refractivity contribution in [3.63, 3.8) is 0 Å². The maximum atomic E-state index is 11.8. The van der Waals surface area contributed by atoms with E-state index in [2.05, 4.69) is 5.32 Å². The summed E-state index contributed by atoms with van der Waals surface area (Å²) >= 11 is 0. The fourth-order valence-electron chi connectivity index (χ4n) is 4.08. The highest BCUT2D eigenvalue weighted by Crippen LogP contribution is 2.14. The molecule has 1 aliphatic heterocycles. The minimum atomic E-state index is -0.682. The number of carbonyl (C=O) groups is 4. The number of carboxylic acid groups (broad SMARTS) is 1. The first-order valence-corrected chi connectivity index (χ1v) is 13.0. The highest BCUT2D eigenvalue weighted by molar-refractivity contribution is 6.12. The number of hydrogen-bond acceptors (Lipinski definition) is 4. The van der Waals surface area contributed by atoms with E-state index in [0.29, 0.717) is 19.4 Å². The number of imide groups is 1. The molecule has 0 aromatic rings. The number of carbonyl (C=O) groups excluding carboxylic acids is 3. The molecular formula is C26H44N2O5. The maximum absolute atomic E-state index is 11.8. The van der Waals surface area contributed by atoms with E-state index in [9.17, 15) is 19.2 Å². The van der Waals surface area contributed by atoms with E-state index >= 15 is 0 Å². The van der Waals surface area contributed by atoms with Crippen molar-refractivity contribution in [3.05, 3.63) is 12.2 Å². The molecule has 0 aromatic heterocycles. The Balaban J connectivity index is 1.75. The normalized spacial score (nSPS) is 13.2. The Bertz CT molecular complexity index is 600. The van der Waals surface area contributed by atoms with Gasteiger partial charge in [-0.2, -0.15) is 0 Å². The predicted octanol–water partition coefficient (Wildman–Crippen LogP) is 5.13. The molecule has 0 unspecified atom stereocenters. The third-order valence-corrected chi connectivity index (χ3v) is 6.10. The number of unbranched alkanes of at least 4 members (excludes halogenated alkanes) is 15. The van der Waals surface area contributed by atoms with Gasteiger partial charge in [0.05, 0.1) is 0 Å². The van der Waals surface area contributed by atoms with E-state index in [1.54, 1.807) is 0 Å². The van der Waals surface area contributed by atoms with Gasteiger partial charge in [0.15, 0.2) is 0 Å². The summed E-state index contributed by atoms with van der Waals surface area (Å²) in [6, 6.07) is 0. The van der Waals surface area contributed by atoms with E-state index in [4.69, 9.17) is 5.11 Å². The number of aliphatic carboxylic acids is 1. The fourth-order valence-corrected chi connectivity index (χ4v) is 4.08. The van der Waals surface area contributed by atoms with Gasteiger partial charge in [0.25, 0.3) is 11.8 Å². The van der Waals surface area contributed by atoms with Crippen molar-refractivity contribution in [1.29, 1.82) is 0 Å². The van der Waals surface area contributed by atoms with Crippen LogP contribution in [0.15, 0.2) is 12.2 Å². The van der Waals surface area contributed by atoms with E-state index in [1.165, 1.54) is 89.2 Å². The minimum Gasteiger partial charge on any atom is -0.481 e. The molecular weight excluding hydrogens is 420 g/mol. The molecule has 1 aliphatic rings. The third kappa shape index (κ3) is 16.1. The lowest BCUT2D eigenvalue weighted by molar-refractivity contribution is -0.138. The van der Waals surface area contributed by atoms with Crippen molar-refractivity contribution >= 4 is 23.7 Å². The quantitative estimate of drug-likeness (QED) is 0.171. The molecule has 0 aromatic carbocycles. The maximum Gasteiger partial charge on any atom is 0.303 e. The SMILES string of the molecule is O=C(O)CCCCCCCCCCCCCCCCCCC(=O)NCCN1C(=O)C=CC1=O. The summed E-state index contributed by atoms with van der Waals surface area (Å²) in [7, 11) is 0. The van der Waals surface area contributed by atoms with Crippen molar-refractivity contribution in [2.24, 2.45) is 0 Å². The van der Waals surface area contributed by atoms with Gasteiger partial charge in [0.2, 0.25) is 5.91 Å². The van der Waals surface area contributed by atoms with Crippen molar-refractivity contribution in [2.75, 3.05) is 13.1 Å². The van der Waals surface area contributed by atoms with Gasteiger partial charge < -0.3 is 10.4 Å². The molecule has 1 heterocycles. The van der Waals surface area contributed by atoms with E-state index < -0.39 is 5.97 Å². The Kier molecular flexibility index (Phi) is 16.9. The summed E-state index contributed by atoms with van der Waals surface area (Å²) < 4.78 is 0. The van der Waals surface area contributed by atoms with Gasteiger partial charge in [0, 0.05) is 38.1 Å². The van der Waals surface area contributed by atoms with Crippen molar-refractivity contribution < 1.29 is 24.3 Å². The zero-order chi connectivity index (χ0) is 24.2. The molecule has 0 bridgehead atoms. The van der Waals surface area contributed by atoms with Gasteiger partial charge >= 0.3 is 5.97 Å². The lowest BCUT2D eigenvalue weighted by atomic mass is 10.0. The van der Waals surface area contributed by atoms with E-state index in [0.717, 1.165) is 30.6 Å². The second kappa shape index (κ2) is 19.3. The number of carboxylic acids is 1. The second-order valence-electron chi connectivity index (χ2n) is 9.06. The smallest absolute Gasteiger partial charge is 0.303 e. The molecule has 0 spiro atoms. The Morgan fingerprint density at radius 2 is 1.00 bits per heavy atom. The summed E-state index contributed by atoms with van der Waals surface area (Å²) in [5.41, 5.74) is 0. The zero-order valence-corrected chi connectivity index (χ0v) is 20.3. The summed E-state index contributed by atoms with van der Waals surface area (Å²) in [5, 5.41) is 11.4. The van der Waals surface area contributed by atoms with Crippen molar-refractivity contribution in [2.45, 2.75) is 116 Å². The van der Waals surface area contributed by atoms with Crippen LogP contribution in [-0.2, 0) is 19.2 Å². The van der Waals surface area contributed by atoms with Gasteiger partial charge in [-0.05, 0) is 12.8 Å². The number of nitrogens with zero attached hydrogens (tertiary/aromatic N) is 1. The summed E-state index contributed by atoms with van der Waals surface area (Å²) in [6.45, 7) is 0.541. The molecule has 0 atom stereocenters. The Morgan fingerprint density at radius 3 is 1.39 bits per heavy atom. The Hall–Kier alpha value is -2.18. The predicted molar refractivity (Wildman–Crippen MR) is 130 cm³/mol. The molecule has 0 saturated heterocycles. The van der Waals surface area contributed by atoms with E-state index in [-0.39, 0.29) is 24.3 Å². The highest BCUT2D eigenvalue weighted by atomic mass is 16.4. The first-order chi connectivity index (χ1) is 16.0. The molecule has 0 radical (unpaired) electrons. The first kappa shape index (κ1) is 28.9. The third-order valence-electron chi connectivity index (χ3n) is 6.10. The zero-order valence-electron chi connectivity index (χ0n) is 20.3.